The third-order valence-corrected chi connectivity index (χ3v) is 7.67. The van der Waals surface area contributed by atoms with E-state index < -0.39 is 16.3 Å². The zero-order chi connectivity index (χ0) is 26.5. The second-order valence-corrected chi connectivity index (χ2v) is 11.3. The van der Waals surface area contributed by atoms with Gasteiger partial charge in [0.05, 0.1) is 11.4 Å². The highest BCUT2D eigenvalue weighted by Gasteiger charge is 2.17. The van der Waals surface area contributed by atoms with Crippen LogP contribution in [0.2, 0.25) is 0 Å². The number of nitrogens with zero attached hydrogens (tertiary/aromatic N) is 3. The number of aromatic nitrogens is 2. The Balaban J connectivity index is 1.76. The van der Waals surface area contributed by atoms with Gasteiger partial charge in [-0.05, 0) is 63.3 Å². The molecule has 0 saturated heterocycles. The van der Waals surface area contributed by atoms with E-state index >= 15 is 0 Å². The Hall–Kier alpha value is -3.14. The van der Waals surface area contributed by atoms with Gasteiger partial charge in [0.15, 0.2) is 9.84 Å². The normalized spacial score (nSPS) is 18.2. The van der Waals surface area contributed by atoms with Crippen LogP contribution in [0.1, 0.15) is 62.3 Å². The number of rotatable bonds is 8. The van der Waals surface area contributed by atoms with Crippen molar-refractivity contribution < 1.29 is 22.3 Å². The van der Waals surface area contributed by atoms with Crippen LogP contribution in [-0.2, 0) is 9.84 Å². The number of phenols is 1. The van der Waals surface area contributed by atoms with Crippen LogP contribution in [0, 0.1) is 13.8 Å². The number of allylic oxidation sites excluding steroid dienone is 2. The number of aliphatic imine (C=N–C) groups is 1. The molecule has 3 N–H and O–H groups in total. The monoisotopic (exact) mass is 518 g/mol. The summed E-state index contributed by atoms with van der Waals surface area (Å²) in [5, 5.41) is 10.4. The summed E-state index contributed by atoms with van der Waals surface area (Å²) in [6.45, 7) is 5.04. The van der Waals surface area contributed by atoms with Crippen molar-refractivity contribution in [1.82, 2.24) is 9.97 Å². The number of sulfone groups is 1. The summed E-state index contributed by atoms with van der Waals surface area (Å²) < 4.78 is 50.0. The molecule has 3 rings (SSSR count). The Morgan fingerprint density at radius 2 is 1.78 bits per heavy atom. The van der Waals surface area contributed by atoms with E-state index in [9.17, 15) is 22.3 Å². The van der Waals surface area contributed by atoms with Crippen molar-refractivity contribution >= 4 is 21.6 Å². The Labute approximate surface area is 210 Å². The second-order valence-electron chi connectivity index (χ2n) is 8.99. The number of aromatic hydroxyl groups is 1. The van der Waals surface area contributed by atoms with E-state index in [1.54, 1.807) is 26.8 Å². The van der Waals surface area contributed by atoms with Gasteiger partial charge in [0.2, 0.25) is 0 Å². The number of nitrogens with two attached hydrogens (primary N) is 1. The minimum absolute atomic E-state index is 0.114. The van der Waals surface area contributed by atoms with Crippen LogP contribution in [0.15, 0.2) is 46.5 Å². The van der Waals surface area contributed by atoms with Gasteiger partial charge in [-0.2, -0.15) is 4.99 Å². The number of hydrogen-bond donors (Lipinski definition) is 2. The molecule has 0 atom stereocenters. The molecule has 0 amide bonds. The summed E-state index contributed by atoms with van der Waals surface area (Å²) >= 11 is 0. The Kier molecular flexibility index (Phi) is 8.94. The minimum Gasteiger partial charge on any atom is -0.507 e. The maximum atomic E-state index is 13.1. The fourth-order valence-corrected chi connectivity index (χ4v) is 5.22. The lowest BCUT2D eigenvalue weighted by Gasteiger charge is -2.13. The van der Waals surface area contributed by atoms with Crippen molar-refractivity contribution in [3.8, 4) is 17.0 Å². The maximum Gasteiger partial charge on any atom is 0.263 e. The fourth-order valence-electron chi connectivity index (χ4n) is 4.19. The highest BCUT2D eigenvalue weighted by atomic mass is 32.2. The summed E-state index contributed by atoms with van der Waals surface area (Å²) in [4.78, 5) is 13.1. The van der Waals surface area contributed by atoms with Gasteiger partial charge >= 0.3 is 0 Å². The summed E-state index contributed by atoms with van der Waals surface area (Å²) in [7, 11) is -3.04. The molecule has 2 aromatic rings. The van der Waals surface area contributed by atoms with Crippen LogP contribution >= 0.6 is 0 Å². The summed E-state index contributed by atoms with van der Waals surface area (Å²) in [6.07, 6.45) is 4.73. The van der Waals surface area contributed by atoms with Crippen molar-refractivity contribution in [2.75, 3.05) is 11.5 Å². The van der Waals surface area contributed by atoms with Gasteiger partial charge in [-0.25, -0.2) is 27.2 Å². The third kappa shape index (κ3) is 7.43. The molecule has 0 saturated carbocycles. The highest BCUT2D eigenvalue weighted by molar-refractivity contribution is 7.91. The molecule has 0 bridgehead atoms. The molecule has 0 aliphatic heterocycles. The SMILES string of the molecule is CCS(=O)(=O)C/C1=C/CC/C(C/C(N)=N/c2nc(C)cc(-c3c(C)cc(C(F)F)cc3O)n2)=C\CC1. The molecule has 1 aliphatic rings. The molecule has 1 aliphatic carbocycles. The van der Waals surface area contributed by atoms with Crippen LogP contribution in [-0.4, -0.2) is 40.8 Å². The Morgan fingerprint density at radius 1 is 1.11 bits per heavy atom. The van der Waals surface area contributed by atoms with Crippen LogP contribution in [0.3, 0.4) is 0 Å². The maximum absolute atomic E-state index is 13.1. The van der Waals surface area contributed by atoms with E-state index in [0.29, 0.717) is 41.2 Å². The van der Waals surface area contributed by atoms with E-state index in [0.717, 1.165) is 36.5 Å². The first-order valence-electron chi connectivity index (χ1n) is 11.8. The van der Waals surface area contributed by atoms with Crippen molar-refractivity contribution in [2.45, 2.75) is 59.3 Å². The Morgan fingerprint density at radius 3 is 2.42 bits per heavy atom. The fraction of sp³-hybridized carbons (Fsp3) is 0.423. The minimum atomic E-state index is -3.04. The van der Waals surface area contributed by atoms with Gasteiger partial charge in [-0.1, -0.05) is 30.2 Å². The van der Waals surface area contributed by atoms with Crippen molar-refractivity contribution in [1.29, 1.82) is 0 Å². The quantitative estimate of drug-likeness (QED) is 0.265. The predicted molar refractivity (Wildman–Crippen MR) is 138 cm³/mol. The average Bonchev–Trinajstić information content (AvgIpc) is 2.76. The summed E-state index contributed by atoms with van der Waals surface area (Å²) in [6, 6.07) is 4.02. The molecule has 0 fully saturated rings. The van der Waals surface area contributed by atoms with Crippen LogP contribution in [0.5, 0.6) is 5.75 Å². The molecule has 7 nitrogen and oxygen atoms in total. The lowest BCUT2D eigenvalue weighted by Crippen LogP contribution is -2.14. The second kappa shape index (κ2) is 11.7. The van der Waals surface area contributed by atoms with Crippen molar-refractivity contribution in [3.05, 3.63) is 58.3 Å². The van der Waals surface area contributed by atoms with Gasteiger partial charge < -0.3 is 10.8 Å². The Bertz CT molecular complexity index is 1300. The van der Waals surface area contributed by atoms with Gasteiger partial charge in [-0.15, -0.1) is 0 Å². The van der Waals surface area contributed by atoms with E-state index in [4.69, 9.17) is 5.73 Å². The molecule has 0 spiro atoms. The molecule has 1 aromatic carbocycles. The highest BCUT2D eigenvalue weighted by Crippen LogP contribution is 2.36. The number of hydrogen-bond acceptors (Lipinski definition) is 6. The van der Waals surface area contributed by atoms with E-state index in [1.165, 1.54) is 6.07 Å². The molecule has 0 unspecified atom stereocenters. The van der Waals surface area contributed by atoms with Gasteiger partial charge in [0, 0.05) is 29.0 Å². The molecule has 0 radical (unpaired) electrons. The van der Waals surface area contributed by atoms with Crippen LogP contribution in [0.25, 0.3) is 11.3 Å². The standard InChI is InChI=1S/C26H32F2N4O3S/c1-4-36(34,35)15-19-9-5-7-18(8-6-10-19)13-23(29)32-26-30-17(3)12-21(31-26)24-16(2)11-20(25(27)28)14-22(24)33/h7,10-12,14,25,33H,4-6,8-9,13,15H2,1-3H3,(H2,29,30,31,32)/b18-7+,19-10+. The molecule has 194 valence electrons. The molecule has 36 heavy (non-hydrogen) atoms. The van der Waals surface area contributed by atoms with E-state index in [2.05, 4.69) is 21.0 Å². The first-order chi connectivity index (χ1) is 17.0. The number of halogens is 2. The molecule has 1 aromatic heterocycles. The average molecular weight is 519 g/mol. The molecule has 1 heterocycles. The smallest absolute Gasteiger partial charge is 0.263 e. The summed E-state index contributed by atoms with van der Waals surface area (Å²) in [5.74, 6) is 0.415. The topological polar surface area (TPSA) is 119 Å². The zero-order valence-corrected chi connectivity index (χ0v) is 21.6. The van der Waals surface area contributed by atoms with Crippen LogP contribution in [0.4, 0.5) is 14.7 Å². The molecule has 10 heteroatoms. The van der Waals surface area contributed by atoms with E-state index in [1.807, 2.05) is 6.08 Å². The van der Waals surface area contributed by atoms with Gasteiger partial charge in [0.1, 0.15) is 11.6 Å². The number of alkyl halides is 2. The molecular formula is C26H32F2N4O3S. The summed E-state index contributed by atoms with van der Waals surface area (Å²) in [5.41, 5.74) is 9.77. The zero-order valence-electron chi connectivity index (χ0n) is 20.8. The van der Waals surface area contributed by atoms with Crippen molar-refractivity contribution in [2.24, 2.45) is 10.7 Å². The number of aryl methyl sites for hydroxylation is 2. The number of benzene rings is 1. The largest absolute Gasteiger partial charge is 0.507 e. The van der Waals surface area contributed by atoms with Gasteiger partial charge in [-0.3, -0.25) is 0 Å². The lowest BCUT2D eigenvalue weighted by atomic mass is 9.98. The first kappa shape index (κ1) is 27.4. The van der Waals surface area contributed by atoms with Gasteiger partial charge in [0.25, 0.3) is 12.4 Å². The molecular weight excluding hydrogens is 486 g/mol. The van der Waals surface area contributed by atoms with Crippen LogP contribution < -0.4 is 5.73 Å². The first-order valence-corrected chi connectivity index (χ1v) is 13.7. The van der Waals surface area contributed by atoms with E-state index in [-0.39, 0.29) is 28.8 Å². The van der Waals surface area contributed by atoms with Crippen molar-refractivity contribution in [3.63, 3.8) is 0 Å². The lowest BCUT2D eigenvalue weighted by molar-refractivity contribution is 0.151. The number of phenolic OH excluding ortho intramolecular Hbond substituents is 1. The third-order valence-electron chi connectivity index (χ3n) is 5.98. The number of amidine groups is 1. The predicted octanol–water partition coefficient (Wildman–Crippen LogP) is 5.64.